The summed E-state index contributed by atoms with van der Waals surface area (Å²) >= 11 is 0.548. The summed E-state index contributed by atoms with van der Waals surface area (Å²) in [6, 6.07) is 6.84. The molecule has 0 atom stereocenters. The smallest absolute Gasteiger partial charge is 0.425 e. The van der Waals surface area contributed by atoms with Gasteiger partial charge in [0, 0.05) is 11.4 Å². The van der Waals surface area contributed by atoms with Gasteiger partial charge in [0.25, 0.3) is 0 Å². The number of allylic oxidation sites excluding steroid dienone is 1. The molecule has 0 unspecified atom stereocenters. The van der Waals surface area contributed by atoms with Crippen LogP contribution in [0.4, 0.5) is 18.9 Å². The lowest BCUT2D eigenvalue weighted by atomic mass is 10.1. The van der Waals surface area contributed by atoms with Gasteiger partial charge in [0.1, 0.15) is 9.93 Å². The van der Waals surface area contributed by atoms with Gasteiger partial charge in [-0.2, -0.15) is 13.2 Å². The van der Waals surface area contributed by atoms with E-state index < -0.39 is 28.7 Å². The van der Waals surface area contributed by atoms with E-state index in [2.05, 4.69) is 4.74 Å². The Hall–Kier alpha value is -2.42. The molecule has 0 aliphatic carbocycles. The van der Waals surface area contributed by atoms with Gasteiger partial charge in [-0.15, -0.1) is 0 Å². The maximum absolute atomic E-state index is 13.7. The van der Waals surface area contributed by atoms with Crippen LogP contribution in [-0.4, -0.2) is 31.8 Å². The summed E-state index contributed by atoms with van der Waals surface area (Å²) in [5.41, 5.74) is 0.158. The molecule has 1 aromatic carbocycles. The van der Waals surface area contributed by atoms with E-state index in [1.165, 1.54) is 11.8 Å². The van der Waals surface area contributed by atoms with E-state index in [1.54, 1.807) is 31.2 Å². The van der Waals surface area contributed by atoms with Crippen LogP contribution < -0.4 is 4.90 Å². The molecule has 1 aliphatic rings. The largest absolute Gasteiger partial charge is 0.465 e. The monoisotopic (exact) mass is 415 g/mol. The molecule has 28 heavy (non-hydrogen) atoms. The molecule has 0 amide bonds. The van der Waals surface area contributed by atoms with Crippen LogP contribution in [0.1, 0.15) is 26.3 Å². The summed E-state index contributed by atoms with van der Waals surface area (Å²) < 4.78 is 50.4. The molecule has 2 rings (SSSR count). The number of anilines is 1. The fourth-order valence-corrected chi connectivity index (χ4v) is 3.85. The van der Waals surface area contributed by atoms with Crippen molar-refractivity contribution < 1.29 is 32.2 Å². The number of rotatable bonds is 5. The second-order valence-corrected chi connectivity index (χ2v) is 6.76. The van der Waals surface area contributed by atoms with Gasteiger partial charge >= 0.3 is 18.1 Å². The highest BCUT2D eigenvalue weighted by molar-refractivity contribution is 8.08. The van der Waals surface area contributed by atoms with Crippen molar-refractivity contribution in [1.29, 1.82) is 0 Å². The van der Waals surface area contributed by atoms with Crippen molar-refractivity contribution in [2.75, 3.05) is 18.6 Å². The molecule has 0 aromatic heterocycles. The Kier molecular flexibility index (Phi) is 6.82. The lowest BCUT2D eigenvalue weighted by molar-refractivity contribution is -0.148. The van der Waals surface area contributed by atoms with E-state index in [1.807, 2.05) is 6.92 Å². The number of carbonyl (C=O) groups excluding carboxylic acids is 2. The standard InChI is InChI=1S/C19H20F3NO4S/c1-5-12-7-9-13(10-8-12)23-11(3)15(18(25)27-6-2)28-16(23)14(17(24)26-4)19(20,21)22/h7-10H,5-6H2,1-4H3/b16-14-. The van der Waals surface area contributed by atoms with Crippen molar-refractivity contribution >= 4 is 29.4 Å². The van der Waals surface area contributed by atoms with Crippen LogP contribution in [-0.2, 0) is 25.5 Å². The van der Waals surface area contributed by atoms with Crippen molar-refractivity contribution in [2.24, 2.45) is 0 Å². The predicted molar refractivity (Wildman–Crippen MR) is 100 cm³/mol. The summed E-state index contributed by atoms with van der Waals surface area (Å²) in [4.78, 5) is 25.4. The molecule has 0 N–H and O–H groups in total. The fourth-order valence-electron chi connectivity index (χ4n) is 2.64. The zero-order valence-electron chi connectivity index (χ0n) is 15.8. The Balaban J connectivity index is 2.70. The molecule has 0 radical (unpaired) electrons. The topological polar surface area (TPSA) is 55.8 Å². The number of carbonyl (C=O) groups is 2. The van der Waals surface area contributed by atoms with E-state index in [9.17, 15) is 22.8 Å². The average Bonchev–Trinajstić information content (AvgIpc) is 2.97. The number of halogens is 3. The summed E-state index contributed by atoms with van der Waals surface area (Å²) in [5.74, 6) is -2.27. The molecule has 152 valence electrons. The first-order valence-electron chi connectivity index (χ1n) is 8.50. The van der Waals surface area contributed by atoms with Crippen LogP contribution in [0.3, 0.4) is 0 Å². The lowest BCUT2D eigenvalue weighted by Crippen LogP contribution is -2.28. The van der Waals surface area contributed by atoms with Crippen LogP contribution >= 0.6 is 11.8 Å². The van der Waals surface area contributed by atoms with Crippen LogP contribution in [0.2, 0.25) is 0 Å². The third kappa shape index (κ3) is 4.35. The van der Waals surface area contributed by atoms with Gasteiger partial charge in [-0.25, -0.2) is 9.59 Å². The van der Waals surface area contributed by atoms with E-state index in [4.69, 9.17) is 4.74 Å². The number of benzene rings is 1. The second-order valence-electron chi connectivity index (χ2n) is 5.76. The highest BCUT2D eigenvalue weighted by Crippen LogP contribution is 2.48. The number of nitrogens with zero attached hydrogens (tertiary/aromatic N) is 1. The first-order chi connectivity index (χ1) is 13.1. The number of alkyl halides is 3. The molecule has 0 fully saturated rings. The number of methoxy groups -OCH3 is 1. The molecule has 0 bridgehead atoms. The van der Waals surface area contributed by atoms with Gasteiger partial charge in [-0.05, 0) is 38.0 Å². The fraction of sp³-hybridized carbons (Fsp3) is 0.368. The van der Waals surface area contributed by atoms with Crippen LogP contribution in [0.15, 0.2) is 45.5 Å². The van der Waals surface area contributed by atoms with Crippen molar-refractivity contribution in [3.05, 3.63) is 51.0 Å². The summed E-state index contributed by atoms with van der Waals surface area (Å²) in [6.45, 7) is 5.13. The first-order valence-corrected chi connectivity index (χ1v) is 9.32. The maximum atomic E-state index is 13.7. The van der Waals surface area contributed by atoms with Crippen LogP contribution in [0, 0.1) is 0 Å². The highest BCUT2D eigenvalue weighted by atomic mass is 32.2. The van der Waals surface area contributed by atoms with Gasteiger partial charge in [-0.1, -0.05) is 30.8 Å². The normalized spacial score (nSPS) is 16.3. The molecule has 5 nitrogen and oxygen atoms in total. The summed E-state index contributed by atoms with van der Waals surface area (Å²) in [6.07, 6.45) is -4.21. The predicted octanol–water partition coefficient (Wildman–Crippen LogP) is 4.54. The number of thioether (sulfide) groups is 1. The third-order valence-corrected chi connectivity index (χ3v) is 5.26. The number of hydrogen-bond donors (Lipinski definition) is 0. The van der Waals surface area contributed by atoms with E-state index in [0.29, 0.717) is 17.4 Å². The average molecular weight is 415 g/mol. The zero-order chi connectivity index (χ0) is 21.1. The minimum atomic E-state index is -4.97. The molecule has 0 spiro atoms. The number of hydrogen-bond acceptors (Lipinski definition) is 6. The Morgan fingerprint density at radius 3 is 2.21 bits per heavy atom. The van der Waals surface area contributed by atoms with Gasteiger partial charge in [0.15, 0.2) is 5.57 Å². The third-order valence-electron chi connectivity index (χ3n) is 4.02. The molecule has 1 aliphatic heterocycles. The van der Waals surface area contributed by atoms with Crippen molar-refractivity contribution in [3.63, 3.8) is 0 Å². The number of aryl methyl sites for hydroxylation is 1. The summed E-state index contributed by atoms with van der Waals surface area (Å²) in [5, 5.41) is -0.441. The Labute approximate surface area is 165 Å². The van der Waals surface area contributed by atoms with Gasteiger partial charge in [0.2, 0.25) is 0 Å². The minimum Gasteiger partial charge on any atom is -0.465 e. The van der Waals surface area contributed by atoms with Crippen molar-refractivity contribution in [1.82, 2.24) is 0 Å². The molecule has 1 heterocycles. The first kappa shape index (κ1) is 21.9. The summed E-state index contributed by atoms with van der Waals surface area (Å²) in [7, 11) is 0.876. The minimum absolute atomic E-state index is 0.0120. The van der Waals surface area contributed by atoms with Gasteiger partial charge in [-0.3, -0.25) is 0 Å². The highest BCUT2D eigenvalue weighted by Gasteiger charge is 2.47. The quantitative estimate of drug-likeness (QED) is 0.520. The Bertz CT molecular complexity index is 829. The second kappa shape index (κ2) is 8.72. The molecular weight excluding hydrogens is 395 g/mol. The van der Waals surface area contributed by atoms with Crippen LogP contribution in [0.5, 0.6) is 0 Å². The van der Waals surface area contributed by atoms with Gasteiger partial charge < -0.3 is 14.4 Å². The van der Waals surface area contributed by atoms with Crippen LogP contribution in [0.25, 0.3) is 0 Å². The molecular formula is C19H20F3NO4S. The number of esters is 2. The lowest BCUT2D eigenvalue weighted by Gasteiger charge is -2.24. The molecule has 0 saturated heterocycles. The number of ether oxygens (including phenoxy) is 2. The van der Waals surface area contributed by atoms with E-state index >= 15 is 0 Å². The Morgan fingerprint density at radius 1 is 1.14 bits per heavy atom. The van der Waals surface area contributed by atoms with Crippen molar-refractivity contribution in [3.8, 4) is 0 Å². The SMILES string of the molecule is CCOC(=O)C1=C(C)N(c2ccc(CC)cc2)/C(=C(\C(=O)OC)C(F)(F)F)S1. The maximum Gasteiger partial charge on any atom is 0.425 e. The van der Waals surface area contributed by atoms with E-state index in [0.717, 1.165) is 19.1 Å². The van der Waals surface area contributed by atoms with Gasteiger partial charge in [0.05, 0.1) is 13.7 Å². The molecule has 1 aromatic rings. The van der Waals surface area contributed by atoms with E-state index in [-0.39, 0.29) is 17.2 Å². The molecule has 0 saturated carbocycles. The zero-order valence-corrected chi connectivity index (χ0v) is 16.7. The van der Waals surface area contributed by atoms with Crippen molar-refractivity contribution in [2.45, 2.75) is 33.4 Å². The Morgan fingerprint density at radius 2 is 1.75 bits per heavy atom. The molecule has 9 heteroatoms.